The highest BCUT2D eigenvalue weighted by Gasteiger charge is 2.24. The van der Waals surface area contributed by atoms with E-state index in [0.717, 1.165) is 33.6 Å². The summed E-state index contributed by atoms with van der Waals surface area (Å²) in [6.07, 6.45) is 1.53. The predicted molar refractivity (Wildman–Crippen MR) is 167 cm³/mol. The lowest BCUT2D eigenvalue weighted by atomic mass is 9.96. The van der Waals surface area contributed by atoms with E-state index in [1.807, 2.05) is 49.4 Å². The Labute approximate surface area is 265 Å². The van der Waals surface area contributed by atoms with E-state index in [1.54, 1.807) is 31.3 Å². The van der Waals surface area contributed by atoms with Crippen molar-refractivity contribution in [3.63, 3.8) is 0 Å². The van der Waals surface area contributed by atoms with Crippen molar-refractivity contribution in [2.75, 3.05) is 26.9 Å². The molecule has 0 aliphatic carbocycles. The van der Waals surface area contributed by atoms with Crippen LogP contribution in [-0.4, -0.2) is 59.0 Å². The third-order valence-electron chi connectivity index (χ3n) is 7.54. The number of aliphatic hydroxyl groups is 1. The van der Waals surface area contributed by atoms with E-state index in [-0.39, 0.29) is 25.5 Å². The zero-order valence-electron chi connectivity index (χ0n) is 24.8. The Morgan fingerprint density at radius 1 is 1.04 bits per heavy atom. The molecule has 0 bridgehead atoms. The Balaban J connectivity index is 1.40. The molecule has 0 fully saturated rings. The quantitative estimate of drug-likeness (QED) is 0.210. The number of aliphatic carboxylic acids is 1. The molecule has 4 aromatic rings. The lowest BCUT2D eigenvalue weighted by molar-refractivity contribution is -0.144. The van der Waals surface area contributed by atoms with Crippen LogP contribution in [0.25, 0.3) is 11.1 Å². The summed E-state index contributed by atoms with van der Waals surface area (Å²) in [7, 11) is 1.59. The Bertz CT molecular complexity index is 1740. The molecule has 0 unspecified atom stereocenters. The number of hydrogen-bond acceptors (Lipinski definition) is 9. The molecule has 1 aliphatic rings. The van der Waals surface area contributed by atoms with Crippen LogP contribution in [0.15, 0.2) is 66.9 Å². The van der Waals surface area contributed by atoms with Crippen molar-refractivity contribution in [1.29, 1.82) is 5.26 Å². The van der Waals surface area contributed by atoms with Gasteiger partial charge >= 0.3 is 5.97 Å². The topological polar surface area (TPSA) is 134 Å². The van der Waals surface area contributed by atoms with Gasteiger partial charge in [-0.3, -0.25) is 9.69 Å². The van der Waals surface area contributed by atoms with Crippen LogP contribution in [0, 0.1) is 18.3 Å². The number of aliphatic hydroxyl groups excluding tert-OH is 1. The van der Waals surface area contributed by atoms with Crippen LogP contribution in [0.5, 0.6) is 23.0 Å². The van der Waals surface area contributed by atoms with Crippen molar-refractivity contribution >= 4 is 17.6 Å². The highest BCUT2D eigenvalue weighted by Crippen LogP contribution is 2.38. The summed E-state index contributed by atoms with van der Waals surface area (Å²) in [5.41, 5.74) is 5.61. The fraction of sp³-hybridized carbons (Fsp3) is 0.265. The molecule has 0 saturated heterocycles. The molecule has 5 rings (SSSR count). The van der Waals surface area contributed by atoms with Crippen LogP contribution in [0.2, 0.25) is 5.02 Å². The van der Waals surface area contributed by atoms with Crippen LogP contribution in [0.4, 0.5) is 0 Å². The second-order valence-electron chi connectivity index (χ2n) is 10.5. The van der Waals surface area contributed by atoms with E-state index in [2.05, 4.69) is 4.98 Å². The number of nitriles is 1. The summed E-state index contributed by atoms with van der Waals surface area (Å²) in [6, 6.07) is 19.5. The summed E-state index contributed by atoms with van der Waals surface area (Å²) in [6.45, 7) is 2.99. The molecule has 45 heavy (non-hydrogen) atoms. The van der Waals surface area contributed by atoms with Gasteiger partial charge in [0.05, 0.1) is 11.6 Å². The first-order valence-corrected chi connectivity index (χ1v) is 14.6. The molecule has 0 radical (unpaired) electrons. The molecule has 0 saturated carbocycles. The summed E-state index contributed by atoms with van der Waals surface area (Å²) in [5.74, 6) is 1.10. The van der Waals surface area contributed by atoms with Gasteiger partial charge in [-0.15, -0.1) is 0 Å². The number of nitrogens with zero attached hydrogens (tertiary/aromatic N) is 3. The van der Waals surface area contributed by atoms with Gasteiger partial charge in [-0.2, -0.15) is 5.26 Å². The predicted octanol–water partition coefficient (Wildman–Crippen LogP) is 5.39. The highest BCUT2D eigenvalue weighted by molar-refractivity contribution is 6.32. The smallest absolute Gasteiger partial charge is 0.323 e. The Morgan fingerprint density at radius 3 is 2.58 bits per heavy atom. The summed E-state index contributed by atoms with van der Waals surface area (Å²) >= 11 is 6.68. The third-order valence-corrected chi connectivity index (χ3v) is 7.84. The van der Waals surface area contributed by atoms with E-state index >= 15 is 0 Å². The molecule has 2 heterocycles. The van der Waals surface area contributed by atoms with E-state index < -0.39 is 18.6 Å². The number of likely N-dealkylation sites (N-methyl/N-ethyl adjacent to an activating group) is 1. The van der Waals surface area contributed by atoms with Crippen molar-refractivity contribution in [2.45, 2.75) is 32.7 Å². The molecule has 10 nitrogen and oxygen atoms in total. The Hall–Kier alpha value is -4.82. The van der Waals surface area contributed by atoms with Crippen molar-refractivity contribution in [2.24, 2.45) is 0 Å². The lowest BCUT2D eigenvalue weighted by Crippen LogP contribution is -2.40. The number of carboxylic acid groups (broad SMARTS) is 1. The number of ether oxygens (including phenoxy) is 4. The van der Waals surface area contributed by atoms with Gasteiger partial charge in [0.15, 0.2) is 11.5 Å². The van der Waals surface area contributed by atoms with Gasteiger partial charge in [-0.25, -0.2) is 4.98 Å². The average molecular weight is 630 g/mol. The maximum atomic E-state index is 11.6. The molecule has 11 heteroatoms. The minimum absolute atomic E-state index is 0.119. The van der Waals surface area contributed by atoms with Gasteiger partial charge in [0, 0.05) is 24.4 Å². The number of fused-ring (bicyclic) bond motifs is 1. The standard InChI is InChI=1S/C34H32ClN3O7/c1-21-24(4-3-5-27(21)23-6-7-30-33(14-23)43-11-10-42-30)20-45-32-15-31(44-19-22-8-9-37-26(12-22)16-36)25(13-28(32)35)17-38(2)29(18-39)34(40)41/h3-9,12-15,29,39H,10-11,17-20H2,1-2H3,(H,40,41)/t29-/m1/s1. The zero-order valence-corrected chi connectivity index (χ0v) is 25.6. The summed E-state index contributed by atoms with van der Waals surface area (Å²) < 4.78 is 23.8. The molecule has 3 aromatic carbocycles. The Kier molecular flexibility index (Phi) is 10.0. The maximum Gasteiger partial charge on any atom is 0.323 e. The third kappa shape index (κ3) is 7.46. The van der Waals surface area contributed by atoms with Crippen LogP contribution >= 0.6 is 11.6 Å². The molecule has 2 N–H and O–H groups in total. The lowest BCUT2D eigenvalue weighted by Gasteiger charge is -2.24. The van der Waals surface area contributed by atoms with Gasteiger partial charge in [-0.05, 0) is 72.1 Å². The number of carbonyl (C=O) groups is 1. The molecular weight excluding hydrogens is 598 g/mol. The fourth-order valence-corrected chi connectivity index (χ4v) is 5.28. The molecule has 1 atom stereocenters. The monoisotopic (exact) mass is 629 g/mol. The second-order valence-corrected chi connectivity index (χ2v) is 10.9. The minimum atomic E-state index is -1.15. The van der Waals surface area contributed by atoms with E-state index in [4.69, 9.17) is 30.5 Å². The highest BCUT2D eigenvalue weighted by atomic mass is 35.5. The van der Waals surface area contributed by atoms with Crippen LogP contribution in [-0.2, 0) is 24.6 Å². The average Bonchev–Trinajstić information content (AvgIpc) is 3.04. The number of halogens is 1. The fourth-order valence-electron chi connectivity index (χ4n) is 5.03. The molecule has 1 aromatic heterocycles. The van der Waals surface area contributed by atoms with Crippen LogP contribution in [0.3, 0.4) is 0 Å². The molecule has 1 aliphatic heterocycles. The summed E-state index contributed by atoms with van der Waals surface area (Å²) in [5, 5.41) is 28.7. The van der Waals surface area contributed by atoms with Gasteiger partial charge in [0.25, 0.3) is 0 Å². The number of pyridine rings is 1. The van der Waals surface area contributed by atoms with Crippen molar-refractivity contribution in [1.82, 2.24) is 9.88 Å². The molecule has 0 spiro atoms. The molecule has 232 valence electrons. The van der Waals surface area contributed by atoms with Crippen molar-refractivity contribution in [3.8, 4) is 40.2 Å². The number of carboxylic acids is 1. The Morgan fingerprint density at radius 2 is 1.82 bits per heavy atom. The first kappa shape index (κ1) is 31.6. The zero-order chi connectivity index (χ0) is 31.9. The number of benzene rings is 3. The first-order valence-electron chi connectivity index (χ1n) is 14.2. The van der Waals surface area contributed by atoms with Crippen molar-refractivity contribution in [3.05, 3.63) is 99.8 Å². The first-order chi connectivity index (χ1) is 21.8. The van der Waals surface area contributed by atoms with Crippen molar-refractivity contribution < 1.29 is 34.0 Å². The van der Waals surface area contributed by atoms with Gasteiger partial charge in [0.1, 0.15) is 55.7 Å². The number of aromatic nitrogens is 1. The maximum absolute atomic E-state index is 11.6. The van der Waals surface area contributed by atoms with E-state index in [1.165, 1.54) is 11.1 Å². The van der Waals surface area contributed by atoms with Crippen LogP contribution in [0.1, 0.15) is 27.9 Å². The largest absolute Gasteiger partial charge is 0.488 e. The normalized spacial score (nSPS) is 12.8. The van der Waals surface area contributed by atoms with Gasteiger partial charge < -0.3 is 29.2 Å². The second kappa shape index (κ2) is 14.3. The number of hydrogen-bond donors (Lipinski definition) is 2. The number of rotatable bonds is 12. The SMILES string of the molecule is Cc1c(COc2cc(OCc3ccnc(C#N)c3)c(CN(C)[C@H](CO)C(=O)O)cc2Cl)cccc1-c1ccc2c(c1)OCCO2. The minimum Gasteiger partial charge on any atom is -0.488 e. The summed E-state index contributed by atoms with van der Waals surface area (Å²) in [4.78, 5) is 17.1. The van der Waals surface area contributed by atoms with E-state index in [9.17, 15) is 20.3 Å². The molecule has 0 amide bonds. The van der Waals surface area contributed by atoms with Crippen LogP contribution < -0.4 is 18.9 Å². The molecular formula is C34H32ClN3O7. The van der Waals surface area contributed by atoms with Gasteiger partial charge in [0.2, 0.25) is 0 Å². The van der Waals surface area contributed by atoms with Gasteiger partial charge in [-0.1, -0.05) is 35.9 Å². The van der Waals surface area contributed by atoms with E-state index in [0.29, 0.717) is 41.0 Å².